The number of halogens is 2. The second-order valence-electron chi connectivity index (χ2n) is 4.51. The molecule has 3 rings (SSSR count). The molecular formula is C15H10Cl2N2O4S. The van der Waals surface area contributed by atoms with Crippen molar-refractivity contribution in [2.45, 2.75) is 6.61 Å². The van der Waals surface area contributed by atoms with Crippen LogP contribution in [0.1, 0.15) is 5.89 Å². The van der Waals surface area contributed by atoms with Crippen LogP contribution in [0.15, 0.2) is 40.2 Å². The number of carbonyl (C=O) groups excluding carboxylic acids is 1. The third-order valence-electron chi connectivity index (χ3n) is 2.81. The SMILES string of the molecule is O=C(COc1ccc(Cl)cc1Cl)OCc1nc(-c2cccs2)no1. The van der Waals surface area contributed by atoms with Crippen molar-refractivity contribution in [3.63, 3.8) is 0 Å². The minimum absolute atomic E-state index is 0.130. The van der Waals surface area contributed by atoms with Gasteiger partial charge in [-0.05, 0) is 29.6 Å². The first-order valence-electron chi connectivity index (χ1n) is 6.72. The van der Waals surface area contributed by atoms with Crippen molar-refractivity contribution >= 4 is 40.5 Å². The Hall–Kier alpha value is -2.09. The lowest BCUT2D eigenvalue weighted by Crippen LogP contribution is -2.15. The van der Waals surface area contributed by atoms with Gasteiger partial charge in [0.15, 0.2) is 13.2 Å². The molecule has 0 radical (unpaired) electrons. The van der Waals surface area contributed by atoms with E-state index in [1.807, 2.05) is 17.5 Å². The molecule has 124 valence electrons. The van der Waals surface area contributed by atoms with Gasteiger partial charge >= 0.3 is 5.97 Å². The predicted molar refractivity (Wildman–Crippen MR) is 89.4 cm³/mol. The summed E-state index contributed by atoms with van der Waals surface area (Å²) in [5.74, 6) is 0.421. The number of benzene rings is 1. The molecular weight excluding hydrogens is 375 g/mol. The standard InChI is InChI=1S/C15H10Cl2N2O4S/c16-9-3-4-11(10(17)6-9)21-8-14(20)22-7-13-18-15(19-23-13)12-2-1-5-24-12/h1-6H,7-8H2. The summed E-state index contributed by atoms with van der Waals surface area (Å²) < 4.78 is 15.3. The molecule has 0 saturated heterocycles. The molecule has 0 aliphatic heterocycles. The molecule has 2 heterocycles. The summed E-state index contributed by atoms with van der Waals surface area (Å²) in [6, 6.07) is 8.46. The van der Waals surface area contributed by atoms with Crippen LogP contribution in [0.5, 0.6) is 5.75 Å². The summed E-state index contributed by atoms with van der Waals surface area (Å²) in [4.78, 5) is 16.7. The van der Waals surface area contributed by atoms with Gasteiger partial charge in [0.05, 0.1) is 9.90 Å². The summed E-state index contributed by atoms with van der Waals surface area (Å²) in [6.45, 7) is -0.428. The van der Waals surface area contributed by atoms with Crippen molar-refractivity contribution in [2.24, 2.45) is 0 Å². The molecule has 0 amide bonds. The van der Waals surface area contributed by atoms with Crippen LogP contribution >= 0.6 is 34.5 Å². The average molecular weight is 385 g/mol. The first-order valence-corrected chi connectivity index (χ1v) is 8.35. The lowest BCUT2D eigenvalue weighted by atomic mass is 10.3. The molecule has 9 heteroatoms. The fourth-order valence-electron chi connectivity index (χ4n) is 1.73. The zero-order valence-electron chi connectivity index (χ0n) is 12.1. The van der Waals surface area contributed by atoms with Crippen molar-refractivity contribution < 1.29 is 18.8 Å². The topological polar surface area (TPSA) is 74.5 Å². The van der Waals surface area contributed by atoms with E-state index in [9.17, 15) is 4.79 Å². The highest BCUT2D eigenvalue weighted by molar-refractivity contribution is 7.13. The van der Waals surface area contributed by atoms with Crippen LogP contribution in [0.2, 0.25) is 10.0 Å². The van der Waals surface area contributed by atoms with E-state index in [2.05, 4.69) is 10.1 Å². The Bertz CT molecular complexity index is 836. The molecule has 6 nitrogen and oxygen atoms in total. The van der Waals surface area contributed by atoms with Crippen LogP contribution in [-0.4, -0.2) is 22.7 Å². The van der Waals surface area contributed by atoms with Gasteiger partial charge in [0.1, 0.15) is 5.75 Å². The summed E-state index contributed by atoms with van der Waals surface area (Å²) in [5.41, 5.74) is 0. The second-order valence-corrected chi connectivity index (χ2v) is 6.30. The van der Waals surface area contributed by atoms with Gasteiger partial charge in [-0.1, -0.05) is 34.4 Å². The van der Waals surface area contributed by atoms with Gasteiger partial charge in [-0.2, -0.15) is 4.98 Å². The summed E-state index contributed by atoms with van der Waals surface area (Å²) in [6.07, 6.45) is 0. The van der Waals surface area contributed by atoms with Crippen molar-refractivity contribution in [3.05, 3.63) is 51.6 Å². The maximum absolute atomic E-state index is 11.7. The number of thiophene rings is 1. The van der Waals surface area contributed by atoms with Gasteiger partial charge in [0.25, 0.3) is 5.89 Å². The molecule has 3 aromatic rings. The van der Waals surface area contributed by atoms with E-state index in [-0.39, 0.29) is 19.1 Å². The molecule has 0 saturated carbocycles. The maximum Gasteiger partial charge on any atom is 0.344 e. The highest BCUT2D eigenvalue weighted by atomic mass is 35.5. The van der Waals surface area contributed by atoms with Crippen molar-refractivity contribution in [1.29, 1.82) is 0 Å². The summed E-state index contributed by atoms with van der Waals surface area (Å²) in [5, 5.41) is 6.52. The van der Waals surface area contributed by atoms with Crippen LogP contribution in [0.25, 0.3) is 10.7 Å². The quantitative estimate of drug-likeness (QED) is 0.592. The highest BCUT2D eigenvalue weighted by Crippen LogP contribution is 2.27. The summed E-state index contributed by atoms with van der Waals surface area (Å²) in [7, 11) is 0. The van der Waals surface area contributed by atoms with Gasteiger partial charge in [-0.3, -0.25) is 0 Å². The van der Waals surface area contributed by atoms with E-state index in [0.717, 1.165) is 4.88 Å². The molecule has 0 aliphatic rings. The van der Waals surface area contributed by atoms with Gasteiger partial charge in [-0.25, -0.2) is 4.79 Å². The van der Waals surface area contributed by atoms with Crippen LogP contribution in [0.3, 0.4) is 0 Å². The Morgan fingerprint density at radius 2 is 2.17 bits per heavy atom. The zero-order chi connectivity index (χ0) is 16.9. The number of carbonyl (C=O) groups is 1. The third kappa shape index (κ3) is 4.25. The Morgan fingerprint density at radius 1 is 1.29 bits per heavy atom. The van der Waals surface area contributed by atoms with E-state index in [1.54, 1.807) is 12.1 Å². The fourth-order valence-corrected chi connectivity index (χ4v) is 2.84. The smallest absolute Gasteiger partial charge is 0.344 e. The number of nitrogens with zero attached hydrogens (tertiary/aromatic N) is 2. The fraction of sp³-hybridized carbons (Fsp3) is 0.133. The lowest BCUT2D eigenvalue weighted by molar-refractivity contribution is -0.148. The number of hydrogen-bond donors (Lipinski definition) is 0. The van der Waals surface area contributed by atoms with E-state index in [4.69, 9.17) is 37.2 Å². The monoisotopic (exact) mass is 384 g/mol. The van der Waals surface area contributed by atoms with Gasteiger partial charge in [0, 0.05) is 5.02 Å². The molecule has 0 atom stereocenters. The lowest BCUT2D eigenvalue weighted by Gasteiger charge is -2.07. The number of ether oxygens (including phenoxy) is 2. The van der Waals surface area contributed by atoms with Gasteiger partial charge in [-0.15, -0.1) is 11.3 Å². The predicted octanol–water partition coefficient (Wildman–Crippen LogP) is 4.23. The highest BCUT2D eigenvalue weighted by Gasteiger charge is 2.12. The minimum Gasteiger partial charge on any atom is -0.480 e. The number of rotatable bonds is 6. The molecule has 0 bridgehead atoms. The van der Waals surface area contributed by atoms with Crippen LogP contribution in [-0.2, 0) is 16.1 Å². The third-order valence-corrected chi connectivity index (χ3v) is 4.20. The number of hydrogen-bond acceptors (Lipinski definition) is 7. The normalized spacial score (nSPS) is 10.6. The van der Waals surface area contributed by atoms with Crippen molar-refractivity contribution in [3.8, 4) is 16.5 Å². The number of esters is 1. The Balaban J connectivity index is 1.49. The molecule has 0 unspecified atom stereocenters. The van der Waals surface area contributed by atoms with Crippen molar-refractivity contribution in [1.82, 2.24) is 10.1 Å². The molecule has 0 N–H and O–H groups in total. The van der Waals surface area contributed by atoms with Crippen LogP contribution < -0.4 is 4.74 Å². The van der Waals surface area contributed by atoms with E-state index in [1.165, 1.54) is 17.4 Å². The van der Waals surface area contributed by atoms with Gasteiger partial charge < -0.3 is 14.0 Å². The van der Waals surface area contributed by atoms with E-state index in [0.29, 0.717) is 21.6 Å². The molecule has 0 spiro atoms. The minimum atomic E-state index is -0.586. The molecule has 1 aromatic carbocycles. The van der Waals surface area contributed by atoms with Crippen molar-refractivity contribution in [2.75, 3.05) is 6.61 Å². The molecule has 2 aromatic heterocycles. The maximum atomic E-state index is 11.7. The first-order chi connectivity index (χ1) is 11.6. The summed E-state index contributed by atoms with van der Waals surface area (Å²) >= 11 is 13.2. The first kappa shape index (κ1) is 16.8. The molecule has 0 aliphatic carbocycles. The number of aromatic nitrogens is 2. The van der Waals surface area contributed by atoms with E-state index < -0.39 is 5.97 Å². The average Bonchev–Trinajstić information content (AvgIpc) is 3.23. The largest absolute Gasteiger partial charge is 0.480 e. The van der Waals surface area contributed by atoms with Crippen LogP contribution in [0.4, 0.5) is 0 Å². The molecule has 24 heavy (non-hydrogen) atoms. The second kappa shape index (κ2) is 7.65. The van der Waals surface area contributed by atoms with Crippen LogP contribution in [0, 0.1) is 0 Å². The van der Waals surface area contributed by atoms with Gasteiger partial charge in [0.2, 0.25) is 5.82 Å². The Morgan fingerprint density at radius 3 is 2.92 bits per heavy atom. The molecule has 0 fully saturated rings. The van der Waals surface area contributed by atoms with E-state index >= 15 is 0 Å². The zero-order valence-corrected chi connectivity index (χ0v) is 14.4. The Kier molecular flexibility index (Phi) is 5.34. The Labute approximate surface area is 150 Å².